The number of aryl methyl sites for hydroxylation is 1. The van der Waals surface area contributed by atoms with Crippen molar-refractivity contribution in [3.63, 3.8) is 0 Å². The Hall–Kier alpha value is -2.04. The highest BCUT2D eigenvalue weighted by molar-refractivity contribution is 6.01. The van der Waals surface area contributed by atoms with Crippen LogP contribution < -0.4 is 10.6 Å². The average molecular weight is 262 g/mol. The maximum absolute atomic E-state index is 11.8. The van der Waals surface area contributed by atoms with Gasteiger partial charge in [-0.2, -0.15) is 0 Å². The number of hydrogen-bond acceptors (Lipinski definition) is 2. The molecular weight excluding hydrogens is 244 g/mol. The van der Waals surface area contributed by atoms with Crippen LogP contribution in [-0.2, 0) is 0 Å². The monoisotopic (exact) mass is 262 g/mol. The lowest BCUT2D eigenvalue weighted by Gasteiger charge is -2.33. The summed E-state index contributed by atoms with van der Waals surface area (Å²) < 4.78 is 0. The first-order chi connectivity index (χ1) is 8.97. The number of aromatic carboxylic acids is 1. The van der Waals surface area contributed by atoms with Gasteiger partial charge in [-0.25, -0.2) is 9.59 Å². The van der Waals surface area contributed by atoms with Crippen molar-refractivity contribution in [2.24, 2.45) is 5.92 Å². The highest BCUT2D eigenvalue weighted by Crippen LogP contribution is 2.26. The van der Waals surface area contributed by atoms with Crippen LogP contribution in [0.1, 0.15) is 35.7 Å². The van der Waals surface area contributed by atoms with Gasteiger partial charge in [0.15, 0.2) is 0 Å². The molecule has 0 atom stereocenters. The fourth-order valence-electron chi connectivity index (χ4n) is 2.37. The van der Waals surface area contributed by atoms with Gasteiger partial charge in [0.05, 0.1) is 11.3 Å². The molecule has 3 N–H and O–H groups in total. The fourth-order valence-corrected chi connectivity index (χ4v) is 2.37. The quantitative estimate of drug-likeness (QED) is 0.783. The van der Waals surface area contributed by atoms with Gasteiger partial charge < -0.3 is 15.7 Å². The standard InChI is InChI=1S/C14H18N2O3/c1-8-6-10(7-8)15-14(19)16-12-9(2)4-3-5-11(12)13(17)18/h3-5,8,10H,6-7H2,1-2H3,(H,17,18)(H2,15,16,19). The van der Waals surface area contributed by atoms with E-state index in [9.17, 15) is 9.59 Å². The minimum Gasteiger partial charge on any atom is -0.478 e. The van der Waals surface area contributed by atoms with Crippen molar-refractivity contribution in [2.45, 2.75) is 32.7 Å². The van der Waals surface area contributed by atoms with Crippen LogP contribution in [0.2, 0.25) is 0 Å². The number of amides is 2. The summed E-state index contributed by atoms with van der Waals surface area (Å²) in [5.74, 6) is -0.394. The summed E-state index contributed by atoms with van der Waals surface area (Å²) in [5, 5.41) is 14.6. The van der Waals surface area contributed by atoms with E-state index in [4.69, 9.17) is 5.11 Å². The average Bonchev–Trinajstić information content (AvgIpc) is 2.29. The van der Waals surface area contributed by atoms with Crippen LogP contribution in [0.15, 0.2) is 18.2 Å². The van der Waals surface area contributed by atoms with Crippen LogP contribution in [0.5, 0.6) is 0 Å². The first kappa shape index (κ1) is 13.4. The second-order valence-electron chi connectivity index (χ2n) is 5.17. The zero-order valence-electron chi connectivity index (χ0n) is 11.1. The fraction of sp³-hybridized carbons (Fsp3) is 0.429. The van der Waals surface area contributed by atoms with Crippen molar-refractivity contribution < 1.29 is 14.7 Å². The number of urea groups is 1. The Labute approximate surface area is 112 Å². The normalized spacial score (nSPS) is 21.4. The Kier molecular flexibility index (Phi) is 3.74. The lowest BCUT2D eigenvalue weighted by Crippen LogP contribution is -2.45. The number of carbonyl (C=O) groups is 2. The number of benzene rings is 1. The lowest BCUT2D eigenvalue weighted by molar-refractivity contribution is 0.0698. The van der Waals surface area contributed by atoms with E-state index >= 15 is 0 Å². The van der Waals surface area contributed by atoms with Crippen LogP contribution >= 0.6 is 0 Å². The third kappa shape index (κ3) is 3.05. The zero-order valence-corrected chi connectivity index (χ0v) is 11.1. The molecular formula is C14H18N2O3. The van der Waals surface area contributed by atoms with Gasteiger partial charge in [-0.1, -0.05) is 19.1 Å². The number of nitrogens with one attached hydrogen (secondary N) is 2. The second-order valence-corrected chi connectivity index (χ2v) is 5.17. The summed E-state index contributed by atoms with van der Waals surface area (Å²) in [6, 6.07) is 4.78. The van der Waals surface area contributed by atoms with Gasteiger partial charge in [0.1, 0.15) is 0 Å². The van der Waals surface area contributed by atoms with Gasteiger partial charge >= 0.3 is 12.0 Å². The molecule has 5 heteroatoms. The van der Waals surface area contributed by atoms with E-state index in [1.165, 1.54) is 6.07 Å². The van der Waals surface area contributed by atoms with E-state index < -0.39 is 5.97 Å². The zero-order chi connectivity index (χ0) is 14.0. The molecule has 1 aromatic rings. The number of hydrogen-bond donors (Lipinski definition) is 3. The van der Waals surface area contributed by atoms with Gasteiger partial charge in [-0.05, 0) is 37.3 Å². The minimum absolute atomic E-state index is 0.108. The molecule has 0 aliphatic heterocycles. The second kappa shape index (κ2) is 5.30. The van der Waals surface area contributed by atoms with Crippen molar-refractivity contribution >= 4 is 17.7 Å². The molecule has 1 saturated carbocycles. The number of carbonyl (C=O) groups excluding carboxylic acids is 1. The SMILES string of the molecule is Cc1cccc(C(=O)O)c1NC(=O)NC1CC(C)C1. The summed E-state index contributed by atoms with van der Waals surface area (Å²) >= 11 is 0. The largest absolute Gasteiger partial charge is 0.478 e. The Balaban J connectivity index is 2.05. The number of para-hydroxylation sites is 1. The van der Waals surface area contributed by atoms with Gasteiger partial charge in [0, 0.05) is 6.04 Å². The molecule has 1 aromatic carbocycles. The number of rotatable bonds is 3. The maximum atomic E-state index is 11.8. The molecule has 0 saturated heterocycles. The third-order valence-electron chi connectivity index (χ3n) is 3.45. The molecule has 5 nitrogen and oxygen atoms in total. The molecule has 2 rings (SSSR count). The van der Waals surface area contributed by atoms with Gasteiger partial charge in [-0.15, -0.1) is 0 Å². The minimum atomic E-state index is -1.05. The molecule has 0 spiro atoms. The number of carboxylic acids is 1. The summed E-state index contributed by atoms with van der Waals surface area (Å²) in [6.07, 6.45) is 1.96. The summed E-state index contributed by atoms with van der Waals surface area (Å²) in [5.41, 5.74) is 1.20. The van der Waals surface area contributed by atoms with Crippen LogP contribution in [0.25, 0.3) is 0 Å². The van der Waals surface area contributed by atoms with Gasteiger partial charge in [0.2, 0.25) is 0 Å². The Bertz CT molecular complexity index is 507. The van der Waals surface area contributed by atoms with Crippen molar-refractivity contribution in [1.29, 1.82) is 0 Å². The van der Waals surface area contributed by atoms with Crippen LogP contribution in [0, 0.1) is 12.8 Å². The number of carboxylic acid groups (broad SMARTS) is 1. The van der Waals surface area contributed by atoms with Crippen molar-refractivity contribution in [1.82, 2.24) is 5.32 Å². The lowest BCUT2D eigenvalue weighted by atomic mass is 9.82. The Morgan fingerprint density at radius 1 is 1.32 bits per heavy atom. The predicted octanol–water partition coefficient (Wildman–Crippen LogP) is 2.61. The molecule has 1 fully saturated rings. The molecule has 1 aliphatic carbocycles. The Morgan fingerprint density at radius 2 is 2.00 bits per heavy atom. The molecule has 2 amide bonds. The number of anilines is 1. The predicted molar refractivity (Wildman–Crippen MR) is 72.5 cm³/mol. The molecule has 0 heterocycles. The molecule has 102 valence electrons. The molecule has 0 unspecified atom stereocenters. The molecule has 0 aromatic heterocycles. The van der Waals surface area contributed by atoms with E-state index in [-0.39, 0.29) is 17.6 Å². The topological polar surface area (TPSA) is 78.4 Å². The van der Waals surface area contributed by atoms with E-state index in [1.54, 1.807) is 19.1 Å². The van der Waals surface area contributed by atoms with E-state index in [1.807, 2.05) is 0 Å². The first-order valence-corrected chi connectivity index (χ1v) is 6.37. The highest BCUT2D eigenvalue weighted by atomic mass is 16.4. The van der Waals surface area contributed by atoms with Crippen molar-refractivity contribution in [3.8, 4) is 0 Å². The van der Waals surface area contributed by atoms with Crippen molar-refractivity contribution in [3.05, 3.63) is 29.3 Å². The first-order valence-electron chi connectivity index (χ1n) is 6.37. The smallest absolute Gasteiger partial charge is 0.337 e. The van der Waals surface area contributed by atoms with Crippen LogP contribution in [0.3, 0.4) is 0 Å². The van der Waals surface area contributed by atoms with Gasteiger partial charge in [0.25, 0.3) is 0 Å². The highest BCUT2D eigenvalue weighted by Gasteiger charge is 2.27. The van der Waals surface area contributed by atoms with E-state index in [0.29, 0.717) is 11.6 Å². The molecule has 0 radical (unpaired) electrons. The molecule has 19 heavy (non-hydrogen) atoms. The Morgan fingerprint density at radius 3 is 2.58 bits per heavy atom. The van der Waals surface area contributed by atoms with Gasteiger partial charge in [-0.3, -0.25) is 0 Å². The van der Waals surface area contributed by atoms with Crippen LogP contribution in [-0.4, -0.2) is 23.1 Å². The van der Waals surface area contributed by atoms with E-state index in [2.05, 4.69) is 17.6 Å². The maximum Gasteiger partial charge on any atom is 0.337 e. The van der Waals surface area contributed by atoms with E-state index in [0.717, 1.165) is 18.4 Å². The van der Waals surface area contributed by atoms with Crippen molar-refractivity contribution in [2.75, 3.05) is 5.32 Å². The van der Waals surface area contributed by atoms with Crippen LogP contribution in [0.4, 0.5) is 10.5 Å². The summed E-state index contributed by atoms with van der Waals surface area (Å²) in [7, 11) is 0. The summed E-state index contributed by atoms with van der Waals surface area (Å²) in [6.45, 7) is 3.91. The molecule has 1 aliphatic rings. The summed E-state index contributed by atoms with van der Waals surface area (Å²) in [4.78, 5) is 23.0. The molecule has 0 bridgehead atoms. The third-order valence-corrected chi connectivity index (χ3v) is 3.45.